The van der Waals surface area contributed by atoms with Crippen LogP contribution in [0.1, 0.15) is 20.3 Å². The van der Waals surface area contributed by atoms with Gasteiger partial charge in [0.2, 0.25) is 0 Å². The summed E-state index contributed by atoms with van der Waals surface area (Å²) in [6.07, 6.45) is 0.589. The lowest BCUT2D eigenvalue weighted by Gasteiger charge is -2.16. The molecular formula is C8H16N2O4. The lowest BCUT2D eigenvalue weighted by atomic mass is 10.2. The van der Waals surface area contributed by atoms with E-state index in [2.05, 4.69) is 10.6 Å². The Hall–Kier alpha value is -1.30. The minimum Gasteiger partial charge on any atom is -0.480 e. The van der Waals surface area contributed by atoms with Gasteiger partial charge in [-0.2, -0.15) is 0 Å². The number of urea groups is 1. The average molecular weight is 204 g/mol. The Morgan fingerprint density at radius 1 is 1.36 bits per heavy atom. The number of carbonyl (C=O) groups is 2. The second-order valence-corrected chi connectivity index (χ2v) is 2.97. The fourth-order valence-electron chi connectivity index (χ4n) is 0.762. The number of aliphatic hydroxyl groups excluding tert-OH is 1. The van der Waals surface area contributed by atoms with Crippen molar-refractivity contribution >= 4 is 12.0 Å². The molecule has 0 spiro atoms. The quantitative estimate of drug-likeness (QED) is 0.486. The Bertz CT molecular complexity index is 204. The maximum Gasteiger partial charge on any atom is 0.325 e. The number of carbonyl (C=O) groups excluding carboxylic acids is 1. The molecule has 0 aromatic carbocycles. The van der Waals surface area contributed by atoms with Crippen molar-refractivity contribution in [2.45, 2.75) is 32.4 Å². The van der Waals surface area contributed by atoms with Crippen molar-refractivity contribution in [2.24, 2.45) is 0 Å². The number of carboxylic acid groups (broad SMARTS) is 1. The molecule has 2 amide bonds. The molecule has 0 radical (unpaired) electrons. The second kappa shape index (κ2) is 6.20. The smallest absolute Gasteiger partial charge is 0.325 e. The molecule has 0 aromatic rings. The third kappa shape index (κ3) is 4.66. The van der Waals surface area contributed by atoms with E-state index in [4.69, 9.17) is 10.2 Å². The zero-order valence-corrected chi connectivity index (χ0v) is 8.28. The van der Waals surface area contributed by atoms with E-state index < -0.39 is 18.0 Å². The van der Waals surface area contributed by atoms with Crippen molar-refractivity contribution < 1.29 is 19.8 Å². The first kappa shape index (κ1) is 12.7. The second-order valence-electron chi connectivity index (χ2n) is 2.97. The minimum atomic E-state index is -1.10. The number of hydrogen-bond acceptors (Lipinski definition) is 3. The number of amides is 2. The van der Waals surface area contributed by atoms with Crippen LogP contribution >= 0.6 is 0 Å². The molecule has 0 saturated carbocycles. The highest BCUT2D eigenvalue weighted by molar-refractivity contribution is 5.82. The fourth-order valence-corrected chi connectivity index (χ4v) is 0.762. The van der Waals surface area contributed by atoms with Crippen molar-refractivity contribution in [1.29, 1.82) is 0 Å². The summed E-state index contributed by atoms with van der Waals surface area (Å²) in [6, 6.07) is -1.86. The summed E-state index contributed by atoms with van der Waals surface area (Å²) >= 11 is 0. The molecule has 82 valence electrons. The molecule has 0 rings (SSSR count). The highest BCUT2D eigenvalue weighted by Crippen LogP contribution is 1.89. The monoisotopic (exact) mass is 204 g/mol. The van der Waals surface area contributed by atoms with Gasteiger partial charge in [0.05, 0.1) is 12.6 Å². The number of carboxylic acids is 1. The topological polar surface area (TPSA) is 98.7 Å². The first-order valence-corrected chi connectivity index (χ1v) is 4.42. The Kier molecular flexibility index (Phi) is 5.62. The van der Waals surface area contributed by atoms with E-state index >= 15 is 0 Å². The van der Waals surface area contributed by atoms with Gasteiger partial charge < -0.3 is 20.8 Å². The van der Waals surface area contributed by atoms with Crippen LogP contribution < -0.4 is 10.6 Å². The van der Waals surface area contributed by atoms with Gasteiger partial charge >= 0.3 is 12.0 Å². The van der Waals surface area contributed by atoms with Gasteiger partial charge in [-0.3, -0.25) is 4.79 Å². The Labute approximate surface area is 82.3 Å². The first-order valence-electron chi connectivity index (χ1n) is 4.42. The van der Waals surface area contributed by atoms with Gasteiger partial charge in [-0.05, 0) is 13.3 Å². The van der Waals surface area contributed by atoms with Crippen molar-refractivity contribution in [1.82, 2.24) is 10.6 Å². The molecule has 0 saturated heterocycles. The summed E-state index contributed by atoms with van der Waals surface area (Å²) in [5, 5.41) is 21.9. The van der Waals surface area contributed by atoms with Gasteiger partial charge in [0.15, 0.2) is 0 Å². The third-order valence-corrected chi connectivity index (χ3v) is 1.77. The number of rotatable bonds is 5. The molecule has 6 heteroatoms. The highest BCUT2D eigenvalue weighted by atomic mass is 16.4. The molecule has 6 nitrogen and oxygen atoms in total. The van der Waals surface area contributed by atoms with Gasteiger partial charge in [-0.25, -0.2) is 4.79 Å². The molecule has 0 aliphatic carbocycles. The molecule has 4 N–H and O–H groups in total. The van der Waals surface area contributed by atoms with Crippen LogP contribution in [-0.2, 0) is 4.79 Å². The van der Waals surface area contributed by atoms with E-state index in [-0.39, 0.29) is 12.6 Å². The molecule has 14 heavy (non-hydrogen) atoms. The van der Waals surface area contributed by atoms with Crippen LogP contribution in [0, 0.1) is 0 Å². The van der Waals surface area contributed by atoms with Crippen LogP contribution in [0.4, 0.5) is 4.79 Å². The van der Waals surface area contributed by atoms with Crippen LogP contribution in [0.2, 0.25) is 0 Å². The van der Waals surface area contributed by atoms with E-state index in [0.29, 0.717) is 6.42 Å². The molecule has 0 aliphatic rings. The molecule has 0 bridgehead atoms. The third-order valence-electron chi connectivity index (χ3n) is 1.77. The van der Waals surface area contributed by atoms with Gasteiger partial charge in [0.25, 0.3) is 0 Å². The lowest BCUT2D eigenvalue weighted by molar-refractivity contribution is -0.138. The van der Waals surface area contributed by atoms with Gasteiger partial charge in [0, 0.05) is 0 Å². The van der Waals surface area contributed by atoms with Crippen molar-refractivity contribution in [2.75, 3.05) is 6.61 Å². The van der Waals surface area contributed by atoms with Gasteiger partial charge in [-0.1, -0.05) is 6.92 Å². The van der Waals surface area contributed by atoms with Crippen molar-refractivity contribution in [3.63, 3.8) is 0 Å². The Morgan fingerprint density at radius 3 is 2.29 bits per heavy atom. The van der Waals surface area contributed by atoms with E-state index in [1.807, 2.05) is 6.92 Å². The Morgan fingerprint density at radius 2 is 1.93 bits per heavy atom. The van der Waals surface area contributed by atoms with Crippen LogP contribution in [-0.4, -0.2) is 40.9 Å². The number of hydrogen-bond donors (Lipinski definition) is 4. The van der Waals surface area contributed by atoms with Gasteiger partial charge in [0.1, 0.15) is 6.04 Å². The molecule has 0 heterocycles. The number of nitrogens with one attached hydrogen (secondary N) is 2. The number of aliphatic carboxylic acids is 1. The summed E-state index contributed by atoms with van der Waals surface area (Å²) in [4.78, 5) is 21.5. The number of aliphatic hydroxyl groups is 1. The molecule has 0 aromatic heterocycles. The van der Waals surface area contributed by atoms with Crippen molar-refractivity contribution in [3.05, 3.63) is 0 Å². The Balaban J connectivity index is 3.91. The van der Waals surface area contributed by atoms with Crippen LogP contribution in [0.3, 0.4) is 0 Å². The van der Waals surface area contributed by atoms with Crippen molar-refractivity contribution in [3.8, 4) is 0 Å². The molecule has 0 aliphatic heterocycles. The van der Waals surface area contributed by atoms with E-state index in [1.165, 1.54) is 6.92 Å². The molecule has 0 fully saturated rings. The summed E-state index contributed by atoms with van der Waals surface area (Å²) < 4.78 is 0. The lowest BCUT2D eigenvalue weighted by Crippen LogP contribution is -2.48. The predicted octanol–water partition coefficient (Wildman–Crippen LogP) is -0.470. The maximum atomic E-state index is 11.1. The van der Waals surface area contributed by atoms with Crippen LogP contribution in [0.25, 0.3) is 0 Å². The average Bonchev–Trinajstić information content (AvgIpc) is 2.13. The fraction of sp³-hybridized carbons (Fsp3) is 0.750. The van der Waals surface area contributed by atoms with E-state index in [0.717, 1.165) is 0 Å². The predicted molar refractivity (Wildman–Crippen MR) is 49.9 cm³/mol. The first-order chi connectivity index (χ1) is 6.51. The normalized spacial score (nSPS) is 14.2. The molecular weight excluding hydrogens is 188 g/mol. The highest BCUT2D eigenvalue weighted by Gasteiger charge is 2.15. The summed E-state index contributed by atoms with van der Waals surface area (Å²) in [5.74, 6) is -1.10. The maximum absolute atomic E-state index is 11.1. The summed E-state index contributed by atoms with van der Waals surface area (Å²) in [7, 11) is 0. The summed E-state index contributed by atoms with van der Waals surface area (Å²) in [5.41, 5.74) is 0. The SMILES string of the molecule is CCC(CO)NC(=O)NC(C)C(=O)O. The van der Waals surface area contributed by atoms with Crippen LogP contribution in [0.5, 0.6) is 0 Å². The standard InChI is InChI=1S/C8H16N2O4/c1-3-6(4-11)10-8(14)9-5(2)7(12)13/h5-6,11H,3-4H2,1-2H3,(H,12,13)(H2,9,10,14). The van der Waals surface area contributed by atoms with Gasteiger partial charge in [-0.15, -0.1) is 0 Å². The molecule has 2 unspecified atom stereocenters. The minimum absolute atomic E-state index is 0.161. The summed E-state index contributed by atoms with van der Waals surface area (Å²) in [6.45, 7) is 3.01. The van der Waals surface area contributed by atoms with E-state index in [9.17, 15) is 9.59 Å². The largest absolute Gasteiger partial charge is 0.480 e. The zero-order chi connectivity index (χ0) is 11.1. The molecule has 2 atom stereocenters. The zero-order valence-electron chi connectivity index (χ0n) is 8.28. The van der Waals surface area contributed by atoms with E-state index in [1.54, 1.807) is 0 Å². The van der Waals surface area contributed by atoms with Crippen LogP contribution in [0.15, 0.2) is 0 Å².